The zero-order valence-corrected chi connectivity index (χ0v) is 15.7. The zero-order valence-electron chi connectivity index (χ0n) is 15.7. The molecule has 148 valence electrons. The number of nitrogens with zero attached hydrogens (tertiary/aromatic N) is 4. The first-order chi connectivity index (χ1) is 13.4. The Labute approximate surface area is 161 Å². The third kappa shape index (κ3) is 3.72. The number of aryl methyl sites for hydroxylation is 1. The smallest absolute Gasteiger partial charge is 0.274 e. The number of morpholine rings is 1. The number of ether oxygens (including phenoxy) is 1. The minimum absolute atomic E-state index is 0.137. The number of nitro groups is 1. The van der Waals surface area contributed by atoms with Crippen LogP contribution in [0.1, 0.15) is 33.3 Å². The van der Waals surface area contributed by atoms with E-state index in [0.717, 1.165) is 0 Å². The fourth-order valence-corrected chi connectivity index (χ4v) is 3.12. The number of amides is 2. The van der Waals surface area contributed by atoms with Gasteiger partial charge in [0.1, 0.15) is 5.69 Å². The van der Waals surface area contributed by atoms with Crippen LogP contribution in [-0.4, -0.2) is 57.7 Å². The molecular formula is C18H21N5O5. The van der Waals surface area contributed by atoms with Gasteiger partial charge in [-0.25, -0.2) is 0 Å². The van der Waals surface area contributed by atoms with Gasteiger partial charge >= 0.3 is 0 Å². The van der Waals surface area contributed by atoms with E-state index in [-0.39, 0.29) is 34.1 Å². The van der Waals surface area contributed by atoms with Crippen molar-refractivity contribution in [3.8, 4) is 0 Å². The molecule has 1 N–H and O–H groups in total. The molecule has 10 nitrogen and oxygen atoms in total. The van der Waals surface area contributed by atoms with Gasteiger partial charge in [0.05, 0.1) is 30.0 Å². The normalized spacial score (nSPS) is 14.0. The molecule has 2 amide bonds. The van der Waals surface area contributed by atoms with Crippen LogP contribution in [0.25, 0.3) is 0 Å². The van der Waals surface area contributed by atoms with Crippen LogP contribution >= 0.6 is 0 Å². The SMILES string of the molecule is CCn1ncc(NC(=O)c2cccc([N+](=O)[O-])c2C)c1C(=O)N1CCOCC1. The Morgan fingerprint density at radius 3 is 2.68 bits per heavy atom. The summed E-state index contributed by atoms with van der Waals surface area (Å²) < 4.78 is 6.80. The molecule has 2 aromatic rings. The molecule has 1 aromatic carbocycles. The van der Waals surface area contributed by atoms with Gasteiger partial charge in [-0.15, -0.1) is 0 Å². The number of carbonyl (C=O) groups is 2. The Kier molecular flexibility index (Phi) is 5.69. The molecule has 0 radical (unpaired) electrons. The number of rotatable bonds is 5. The van der Waals surface area contributed by atoms with Gasteiger partial charge in [-0.1, -0.05) is 6.07 Å². The van der Waals surface area contributed by atoms with Crippen LogP contribution in [0.4, 0.5) is 11.4 Å². The summed E-state index contributed by atoms with van der Waals surface area (Å²) in [6.45, 7) is 5.66. The summed E-state index contributed by atoms with van der Waals surface area (Å²) in [5.74, 6) is -0.776. The van der Waals surface area contributed by atoms with Gasteiger partial charge in [-0.2, -0.15) is 5.10 Å². The Morgan fingerprint density at radius 2 is 2.04 bits per heavy atom. The van der Waals surface area contributed by atoms with Crippen molar-refractivity contribution in [3.63, 3.8) is 0 Å². The maximum absolute atomic E-state index is 13.0. The Balaban J connectivity index is 1.90. The van der Waals surface area contributed by atoms with Crippen molar-refractivity contribution in [1.29, 1.82) is 0 Å². The van der Waals surface area contributed by atoms with E-state index in [1.807, 2.05) is 6.92 Å². The number of benzene rings is 1. The lowest BCUT2D eigenvalue weighted by molar-refractivity contribution is -0.385. The fraction of sp³-hybridized carbons (Fsp3) is 0.389. The number of nitrogens with one attached hydrogen (secondary N) is 1. The van der Waals surface area contributed by atoms with Crippen LogP contribution in [0.2, 0.25) is 0 Å². The molecule has 3 rings (SSSR count). The number of nitro benzene ring substituents is 1. The molecule has 1 aliphatic rings. The average molecular weight is 387 g/mol. The second kappa shape index (κ2) is 8.17. The van der Waals surface area contributed by atoms with Crippen LogP contribution in [0.3, 0.4) is 0 Å². The molecular weight excluding hydrogens is 366 g/mol. The van der Waals surface area contributed by atoms with Crippen LogP contribution in [-0.2, 0) is 11.3 Å². The molecule has 0 atom stereocenters. The molecule has 1 fully saturated rings. The molecule has 0 bridgehead atoms. The summed E-state index contributed by atoms with van der Waals surface area (Å²) in [5.41, 5.74) is 0.841. The molecule has 10 heteroatoms. The Bertz CT molecular complexity index is 917. The van der Waals surface area contributed by atoms with Crippen molar-refractivity contribution >= 4 is 23.2 Å². The summed E-state index contributed by atoms with van der Waals surface area (Å²) in [4.78, 5) is 37.9. The first-order valence-electron chi connectivity index (χ1n) is 8.92. The molecule has 1 aliphatic heterocycles. The minimum atomic E-state index is -0.534. The lowest BCUT2D eigenvalue weighted by atomic mass is 10.1. The summed E-state index contributed by atoms with van der Waals surface area (Å²) >= 11 is 0. The lowest BCUT2D eigenvalue weighted by Crippen LogP contribution is -2.41. The number of aromatic nitrogens is 2. The minimum Gasteiger partial charge on any atom is -0.378 e. The van der Waals surface area contributed by atoms with E-state index in [1.54, 1.807) is 4.90 Å². The molecule has 28 heavy (non-hydrogen) atoms. The van der Waals surface area contributed by atoms with Gasteiger partial charge in [-0.05, 0) is 19.9 Å². The summed E-state index contributed by atoms with van der Waals surface area (Å²) in [6, 6.07) is 4.30. The van der Waals surface area contributed by atoms with Crippen LogP contribution < -0.4 is 5.32 Å². The summed E-state index contributed by atoms with van der Waals surface area (Å²) in [6.07, 6.45) is 1.42. The summed E-state index contributed by atoms with van der Waals surface area (Å²) in [7, 11) is 0. The largest absolute Gasteiger partial charge is 0.378 e. The maximum atomic E-state index is 13.0. The molecule has 0 spiro atoms. The van der Waals surface area contributed by atoms with E-state index in [2.05, 4.69) is 10.4 Å². The number of hydrogen-bond donors (Lipinski definition) is 1. The number of carbonyl (C=O) groups excluding carboxylic acids is 2. The van der Waals surface area contributed by atoms with E-state index in [4.69, 9.17) is 4.74 Å². The van der Waals surface area contributed by atoms with Crippen molar-refractivity contribution < 1.29 is 19.2 Å². The monoisotopic (exact) mass is 387 g/mol. The van der Waals surface area contributed by atoms with Gasteiger partial charge in [0.2, 0.25) is 0 Å². The van der Waals surface area contributed by atoms with Crippen molar-refractivity contribution in [2.24, 2.45) is 0 Å². The van der Waals surface area contributed by atoms with Crippen molar-refractivity contribution in [1.82, 2.24) is 14.7 Å². The van der Waals surface area contributed by atoms with Gasteiger partial charge in [0, 0.05) is 36.8 Å². The molecule has 1 aromatic heterocycles. The molecule has 0 aliphatic carbocycles. The van der Waals surface area contributed by atoms with E-state index in [1.165, 1.54) is 36.0 Å². The number of hydrogen-bond acceptors (Lipinski definition) is 6. The molecule has 0 unspecified atom stereocenters. The van der Waals surface area contributed by atoms with Crippen molar-refractivity contribution in [3.05, 3.63) is 51.3 Å². The highest BCUT2D eigenvalue weighted by Crippen LogP contribution is 2.24. The second-order valence-corrected chi connectivity index (χ2v) is 6.29. The number of anilines is 1. The van der Waals surface area contributed by atoms with E-state index < -0.39 is 10.8 Å². The van der Waals surface area contributed by atoms with Crippen LogP contribution in [0, 0.1) is 17.0 Å². The predicted molar refractivity (Wildman–Crippen MR) is 100 cm³/mol. The molecule has 1 saturated heterocycles. The third-order valence-corrected chi connectivity index (χ3v) is 4.63. The highest BCUT2D eigenvalue weighted by Gasteiger charge is 2.27. The quantitative estimate of drug-likeness (QED) is 0.617. The third-order valence-electron chi connectivity index (χ3n) is 4.63. The van der Waals surface area contributed by atoms with Crippen LogP contribution in [0.5, 0.6) is 0 Å². The first-order valence-corrected chi connectivity index (χ1v) is 8.92. The van der Waals surface area contributed by atoms with Gasteiger partial charge in [0.15, 0.2) is 0 Å². The highest BCUT2D eigenvalue weighted by atomic mass is 16.6. The van der Waals surface area contributed by atoms with Gasteiger partial charge in [-0.3, -0.25) is 24.4 Å². The van der Waals surface area contributed by atoms with E-state index in [0.29, 0.717) is 32.8 Å². The molecule has 0 saturated carbocycles. The van der Waals surface area contributed by atoms with Gasteiger partial charge in [0.25, 0.3) is 17.5 Å². The topological polar surface area (TPSA) is 120 Å². The Hall–Kier alpha value is -3.27. The lowest BCUT2D eigenvalue weighted by Gasteiger charge is -2.27. The predicted octanol–water partition coefficient (Wildman–Crippen LogP) is 1.84. The Morgan fingerprint density at radius 1 is 1.32 bits per heavy atom. The van der Waals surface area contributed by atoms with Crippen molar-refractivity contribution in [2.45, 2.75) is 20.4 Å². The maximum Gasteiger partial charge on any atom is 0.274 e. The van der Waals surface area contributed by atoms with Crippen molar-refractivity contribution in [2.75, 3.05) is 31.6 Å². The van der Waals surface area contributed by atoms with E-state index in [9.17, 15) is 19.7 Å². The summed E-state index contributed by atoms with van der Waals surface area (Å²) in [5, 5.41) is 18.0. The highest BCUT2D eigenvalue weighted by molar-refractivity contribution is 6.09. The standard InChI is InChI=1S/C18H21N5O5/c1-3-22-16(18(25)21-7-9-28-10-8-21)14(11-19-22)20-17(24)13-5-4-6-15(12(13)2)23(26)27/h4-6,11H,3,7-10H2,1-2H3,(H,20,24). The average Bonchev–Trinajstić information content (AvgIpc) is 3.10. The van der Waals surface area contributed by atoms with Crippen LogP contribution in [0.15, 0.2) is 24.4 Å². The van der Waals surface area contributed by atoms with E-state index >= 15 is 0 Å². The van der Waals surface area contributed by atoms with Gasteiger partial charge < -0.3 is 15.0 Å². The first kappa shape index (κ1) is 19.5. The molecule has 2 heterocycles. The zero-order chi connectivity index (χ0) is 20.3. The second-order valence-electron chi connectivity index (χ2n) is 6.29. The fourth-order valence-electron chi connectivity index (χ4n) is 3.12.